The van der Waals surface area contributed by atoms with Crippen LogP contribution in [0.4, 0.5) is 0 Å². The Hall–Kier alpha value is -3.87. The molecule has 0 spiro atoms. The number of rotatable bonds is 7. The van der Waals surface area contributed by atoms with E-state index < -0.39 is 6.04 Å². The maximum absolute atomic E-state index is 13.7. The number of nitrogens with one attached hydrogen (secondary N) is 1. The Morgan fingerprint density at radius 1 is 1.00 bits per heavy atom. The Morgan fingerprint density at radius 2 is 1.83 bits per heavy atom. The van der Waals surface area contributed by atoms with Gasteiger partial charge in [0, 0.05) is 48.5 Å². The lowest BCUT2D eigenvalue weighted by atomic mass is 9.86. The van der Waals surface area contributed by atoms with Crippen molar-refractivity contribution in [1.29, 1.82) is 0 Å². The molecule has 0 aliphatic carbocycles. The van der Waals surface area contributed by atoms with E-state index in [1.807, 2.05) is 46.0 Å². The number of aryl methyl sites for hydroxylation is 2. The zero-order valence-electron chi connectivity index (χ0n) is 19.6. The van der Waals surface area contributed by atoms with Crippen molar-refractivity contribution in [3.63, 3.8) is 0 Å². The van der Waals surface area contributed by atoms with Crippen molar-refractivity contribution in [3.8, 4) is 0 Å². The number of imidazole rings is 1. The number of benzene rings is 2. The quantitative estimate of drug-likeness (QED) is 0.450. The van der Waals surface area contributed by atoms with Crippen molar-refractivity contribution in [2.45, 2.75) is 44.3 Å². The van der Waals surface area contributed by atoms with E-state index in [9.17, 15) is 9.59 Å². The van der Waals surface area contributed by atoms with Gasteiger partial charge in [-0.1, -0.05) is 48.5 Å². The van der Waals surface area contributed by atoms with Crippen LogP contribution < -0.4 is 0 Å². The molecule has 178 valence electrons. The SMILES string of the molecule is O=C1C2Cc3c([nH]c4ccccc34)C(CCc3ccccc3)N2C(=O)CN1CCCn1ccnc1. The number of para-hydroxylation sites is 1. The third-order valence-electron chi connectivity index (χ3n) is 7.41. The zero-order valence-corrected chi connectivity index (χ0v) is 19.6. The molecule has 0 bridgehead atoms. The van der Waals surface area contributed by atoms with Crippen LogP contribution >= 0.6 is 0 Å². The second-order valence-electron chi connectivity index (χ2n) is 9.54. The molecular weight excluding hydrogens is 438 g/mol. The Kier molecular flexibility index (Phi) is 5.60. The van der Waals surface area contributed by atoms with E-state index in [2.05, 4.69) is 34.2 Å². The summed E-state index contributed by atoms with van der Waals surface area (Å²) in [4.78, 5) is 38.5. The summed E-state index contributed by atoms with van der Waals surface area (Å²) < 4.78 is 2.00. The van der Waals surface area contributed by atoms with Gasteiger partial charge in [0.25, 0.3) is 0 Å². The van der Waals surface area contributed by atoms with Crippen molar-refractivity contribution >= 4 is 22.7 Å². The predicted molar refractivity (Wildman–Crippen MR) is 134 cm³/mol. The van der Waals surface area contributed by atoms with Crippen LogP contribution in [0, 0.1) is 0 Å². The van der Waals surface area contributed by atoms with Crippen LogP contribution in [0.5, 0.6) is 0 Å². The first-order chi connectivity index (χ1) is 17.2. The maximum atomic E-state index is 13.7. The molecular formula is C28H29N5O2. The van der Waals surface area contributed by atoms with Crippen LogP contribution in [0.1, 0.15) is 35.7 Å². The lowest BCUT2D eigenvalue weighted by Gasteiger charge is -2.47. The van der Waals surface area contributed by atoms with Gasteiger partial charge in [-0.3, -0.25) is 9.59 Å². The van der Waals surface area contributed by atoms with Gasteiger partial charge in [0.05, 0.1) is 18.9 Å². The van der Waals surface area contributed by atoms with Crippen molar-refractivity contribution in [2.24, 2.45) is 0 Å². The first-order valence-corrected chi connectivity index (χ1v) is 12.4. The summed E-state index contributed by atoms with van der Waals surface area (Å²) in [6, 6.07) is 18.0. The minimum Gasteiger partial charge on any atom is -0.356 e. The molecule has 1 N–H and O–H groups in total. The molecule has 1 fully saturated rings. The van der Waals surface area contributed by atoms with Gasteiger partial charge in [-0.15, -0.1) is 0 Å². The highest BCUT2D eigenvalue weighted by molar-refractivity contribution is 5.97. The average molecular weight is 468 g/mol. The number of piperazine rings is 1. The van der Waals surface area contributed by atoms with Crippen LogP contribution in [0.15, 0.2) is 73.3 Å². The van der Waals surface area contributed by atoms with Gasteiger partial charge in [-0.2, -0.15) is 0 Å². The van der Waals surface area contributed by atoms with Gasteiger partial charge in [0.15, 0.2) is 0 Å². The van der Waals surface area contributed by atoms with Gasteiger partial charge in [0.1, 0.15) is 6.04 Å². The van der Waals surface area contributed by atoms with Crippen molar-refractivity contribution in [2.75, 3.05) is 13.1 Å². The number of nitrogens with zero attached hydrogens (tertiary/aromatic N) is 4. The molecule has 0 saturated carbocycles. The summed E-state index contributed by atoms with van der Waals surface area (Å²) in [7, 11) is 0. The summed E-state index contributed by atoms with van der Waals surface area (Å²) in [5, 5.41) is 1.16. The fraction of sp³-hybridized carbons (Fsp3) is 0.321. The van der Waals surface area contributed by atoms with Gasteiger partial charge in [0.2, 0.25) is 11.8 Å². The molecule has 7 heteroatoms. The van der Waals surface area contributed by atoms with Crippen LogP contribution in [-0.4, -0.2) is 55.3 Å². The van der Waals surface area contributed by atoms with E-state index in [1.165, 1.54) is 11.1 Å². The molecule has 2 aromatic heterocycles. The smallest absolute Gasteiger partial charge is 0.246 e. The Labute approximate surface area is 204 Å². The fourth-order valence-corrected chi connectivity index (χ4v) is 5.74. The van der Waals surface area contributed by atoms with Gasteiger partial charge in [-0.25, -0.2) is 4.98 Å². The van der Waals surface area contributed by atoms with Crippen LogP contribution in [0.3, 0.4) is 0 Å². The summed E-state index contributed by atoms with van der Waals surface area (Å²) in [5.41, 5.74) is 4.58. The van der Waals surface area contributed by atoms with Crippen molar-refractivity contribution in [1.82, 2.24) is 24.3 Å². The number of H-pyrrole nitrogens is 1. The van der Waals surface area contributed by atoms with Gasteiger partial charge >= 0.3 is 0 Å². The zero-order chi connectivity index (χ0) is 23.8. The summed E-state index contributed by atoms with van der Waals surface area (Å²) in [6.07, 6.45) is 8.43. The topological polar surface area (TPSA) is 74.2 Å². The molecule has 2 aliphatic heterocycles. The van der Waals surface area contributed by atoms with E-state index in [0.717, 1.165) is 42.4 Å². The summed E-state index contributed by atoms with van der Waals surface area (Å²) in [5.74, 6) is 0.107. The lowest BCUT2D eigenvalue weighted by molar-refractivity contribution is -0.160. The first kappa shape index (κ1) is 21.6. The molecule has 2 aliphatic rings. The molecule has 35 heavy (non-hydrogen) atoms. The van der Waals surface area contributed by atoms with E-state index >= 15 is 0 Å². The number of hydrogen-bond donors (Lipinski definition) is 1. The predicted octanol–water partition coefficient (Wildman–Crippen LogP) is 3.72. The van der Waals surface area contributed by atoms with Crippen LogP contribution in [0.25, 0.3) is 10.9 Å². The maximum Gasteiger partial charge on any atom is 0.246 e. The Morgan fingerprint density at radius 3 is 2.66 bits per heavy atom. The molecule has 4 heterocycles. The average Bonchev–Trinajstić information content (AvgIpc) is 3.53. The van der Waals surface area contributed by atoms with Crippen LogP contribution in [-0.2, 0) is 29.0 Å². The monoisotopic (exact) mass is 467 g/mol. The highest BCUT2D eigenvalue weighted by Crippen LogP contribution is 2.41. The second kappa shape index (κ2) is 9.06. The number of amides is 2. The second-order valence-corrected chi connectivity index (χ2v) is 9.54. The number of fused-ring (bicyclic) bond motifs is 4. The van der Waals surface area contributed by atoms with Crippen molar-refractivity contribution in [3.05, 3.63) is 90.1 Å². The van der Waals surface area contributed by atoms with E-state index in [1.54, 1.807) is 17.4 Å². The van der Waals surface area contributed by atoms with Crippen molar-refractivity contribution < 1.29 is 9.59 Å². The number of hydrogen-bond acceptors (Lipinski definition) is 3. The summed E-state index contributed by atoms with van der Waals surface area (Å²) in [6.45, 7) is 1.50. The van der Waals surface area contributed by atoms with E-state index in [0.29, 0.717) is 13.0 Å². The third-order valence-corrected chi connectivity index (χ3v) is 7.41. The normalized spacial score (nSPS) is 19.8. The number of carbonyl (C=O) groups excluding carboxylic acids is 2. The highest BCUT2D eigenvalue weighted by atomic mass is 16.2. The molecule has 1 saturated heterocycles. The standard InChI is InChI=1S/C28H29N5O2/c34-26-18-32(15-6-14-31-16-13-29-19-31)28(35)25-17-22-21-9-4-5-10-23(21)30-27(22)24(33(25)26)12-11-20-7-2-1-3-8-20/h1-5,7-10,13,16,19,24-25,30H,6,11-12,14-15,17-18H2. The molecule has 2 atom stereocenters. The molecule has 2 amide bonds. The molecule has 6 rings (SSSR count). The molecule has 0 radical (unpaired) electrons. The fourth-order valence-electron chi connectivity index (χ4n) is 5.74. The largest absolute Gasteiger partial charge is 0.356 e. The number of aromatic amines is 1. The molecule has 7 nitrogen and oxygen atoms in total. The van der Waals surface area contributed by atoms with Crippen LogP contribution in [0.2, 0.25) is 0 Å². The van der Waals surface area contributed by atoms with E-state index in [4.69, 9.17) is 0 Å². The number of aromatic nitrogens is 3. The minimum atomic E-state index is -0.447. The first-order valence-electron chi connectivity index (χ1n) is 12.4. The lowest BCUT2D eigenvalue weighted by Crippen LogP contribution is -2.63. The number of carbonyl (C=O) groups is 2. The highest BCUT2D eigenvalue weighted by Gasteiger charge is 2.47. The molecule has 4 aromatic rings. The molecule has 2 unspecified atom stereocenters. The summed E-state index contributed by atoms with van der Waals surface area (Å²) >= 11 is 0. The third kappa shape index (κ3) is 4.01. The Bertz CT molecular complexity index is 1340. The minimum absolute atomic E-state index is 0.0413. The van der Waals surface area contributed by atoms with Gasteiger partial charge in [-0.05, 0) is 36.5 Å². The van der Waals surface area contributed by atoms with Gasteiger partial charge < -0.3 is 19.4 Å². The van der Waals surface area contributed by atoms with E-state index in [-0.39, 0.29) is 24.4 Å². The Balaban J connectivity index is 1.29. The molecule has 2 aromatic carbocycles.